The molecule has 82 valence electrons. The normalized spacial score (nSPS) is 27.5. The minimum absolute atomic E-state index is 0.110. The monoisotopic (exact) mass is 199 g/mol. The van der Waals surface area contributed by atoms with Crippen molar-refractivity contribution in [3.63, 3.8) is 0 Å². The molecule has 0 saturated heterocycles. The molecule has 1 rings (SSSR count). The van der Waals surface area contributed by atoms with Crippen molar-refractivity contribution in [3.8, 4) is 0 Å². The molecule has 0 aromatic rings. The van der Waals surface area contributed by atoms with Gasteiger partial charge < -0.3 is 5.11 Å². The molecule has 2 atom stereocenters. The van der Waals surface area contributed by atoms with E-state index in [1.807, 2.05) is 7.05 Å². The Labute approximate surface area is 86.1 Å². The fraction of sp³-hybridized carbons (Fsp3) is 0.909. The van der Waals surface area contributed by atoms with Crippen LogP contribution in [0.2, 0.25) is 0 Å². The van der Waals surface area contributed by atoms with Crippen LogP contribution in [0.15, 0.2) is 0 Å². The smallest absolute Gasteiger partial charge is 0.308 e. The minimum Gasteiger partial charge on any atom is -0.481 e. The molecule has 0 amide bonds. The SMILES string of the molecule is CCC(C)(C)N(C)C1CCC1C(=O)O. The van der Waals surface area contributed by atoms with Crippen LogP contribution >= 0.6 is 0 Å². The van der Waals surface area contributed by atoms with Gasteiger partial charge in [-0.15, -0.1) is 0 Å². The molecule has 14 heavy (non-hydrogen) atoms. The van der Waals surface area contributed by atoms with E-state index in [9.17, 15) is 4.79 Å². The average molecular weight is 199 g/mol. The van der Waals surface area contributed by atoms with Gasteiger partial charge in [-0.1, -0.05) is 6.92 Å². The van der Waals surface area contributed by atoms with Crippen molar-refractivity contribution < 1.29 is 9.90 Å². The van der Waals surface area contributed by atoms with E-state index < -0.39 is 5.97 Å². The number of carboxylic acid groups (broad SMARTS) is 1. The highest BCUT2D eigenvalue weighted by Gasteiger charge is 2.42. The summed E-state index contributed by atoms with van der Waals surface area (Å²) in [4.78, 5) is 13.1. The summed E-state index contributed by atoms with van der Waals surface area (Å²) in [6.45, 7) is 6.49. The number of rotatable bonds is 4. The van der Waals surface area contributed by atoms with Gasteiger partial charge >= 0.3 is 5.97 Å². The largest absolute Gasteiger partial charge is 0.481 e. The van der Waals surface area contributed by atoms with Gasteiger partial charge in [-0.3, -0.25) is 9.69 Å². The van der Waals surface area contributed by atoms with E-state index in [2.05, 4.69) is 25.7 Å². The van der Waals surface area contributed by atoms with Crippen molar-refractivity contribution in [2.24, 2.45) is 5.92 Å². The zero-order chi connectivity index (χ0) is 10.9. The Kier molecular flexibility index (Phi) is 3.20. The molecule has 0 radical (unpaired) electrons. The Morgan fingerprint density at radius 2 is 2.07 bits per heavy atom. The standard InChI is InChI=1S/C11H21NO2/c1-5-11(2,3)12(4)9-7-6-8(9)10(13)14/h8-9H,5-7H2,1-4H3,(H,13,14). The first-order valence-electron chi connectivity index (χ1n) is 5.36. The van der Waals surface area contributed by atoms with Crippen molar-refractivity contribution in [1.82, 2.24) is 4.90 Å². The number of carboxylic acids is 1. The summed E-state index contributed by atoms with van der Waals surface area (Å²) >= 11 is 0. The van der Waals surface area contributed by atoms with Crippen LogP contribution in [0.1, 0.15) is 40.0 Å². The Bertz CT molecular complexity index is 225. The second-order valence-electron chi connectivity index (χ2n) is 4.87. The van der Waals surface area contributed by atoms with Crippen molar-refractivity contribution in [1.29, 1.82) is 0 Å². The molecule has 0 spiro atoms. The summed E-state index contributed by atoms with van der Waals surface area (Å²) < 4.78 is 0. The van der Waals surface area contributed by atoms with Gasteiger partial charge in [0.05, 0.1) is 5.92 Å². The van der Waals surface area contributed by atoms with Crippen LogP contribution < -0.4 is 0 Å². The number of carbonyl (C=O) groups is 1. The zero-order valence-corrected chi connectivity index (χ0v) is 9.58. The number of hydrogen-bond donors (Lipinski definition) is 1. The van der Waals surface area contributed by atoms with E-state index in [0.29, 0.717) is 0 Å². The maximum atomic E-state index is 10.9. The van der Waals surface area contributed by atoms with E-state index >= 15 is 0 Å². The highest BCUT2D eigenvalue weighted by Crippen LogP contribution is 2.35. The van der Waals surface area contributed by atoms with Gasteiger partial charge in [-0.25, -0.2) is 0 Å². The minimum atomic E-state index is -0.639. The van der Waals surface area contributed by atoms with E-state index in [1.165, 1.54) is 0 Å². The molecular formula is C11H21NO2. The third kappa shape index (κ3) is 1.92. The van der Waals surface area contributed by atoms with Gasteiger partial charge in [-0.2, -0.15) is 0 Å². The molecule has 1 saturated carbocycles. The summed E-state index contributed by atoms with van der Waals surface area (Å²) in [5, 5.41) is 8.96. The molecule has 0 aliphatic heterocycles. The van der Waals surface area contributed by atoms with Gasteiger partial charge in [-0.05, 0) is 40.2 Å². The van der Waals surface area contributed by atoms with Crippen LogP contribution in [0.4, 0.5) is 0 Å². The molecule has 1 N–H and O–H groups in total. The molecule has 0 heterocycles. The van der Waals surface area contributed by atoms with E-state index in [-0.39, 0.29) is 17.5 Å². The van der Waals surface area contributed by atoms with E-state index in [1.54, 1.807) is 0 Å². The maximum absolute atomic E-state index is 10.9. The summed E-state index contributed by atoms with van der Waals surface area (Å²) in [5.74, 6) is -0.786. The van der Waals surface area contributed by atoms with Crippen LogP contribution in [-0.4, -0.2) is 34.6 Å². The summed E-state index contributed by atoms with van der Waals surface area (Å²) in [5.41, 5.74) is 0.110. The fourth-order valence-electron chi connectivity index (χ4n) is 1.93. The lowest BCUT2D eigenvalue weighted by atomic mass is 9.76. The van der Waals surface area contributed by atoms with Crippen molar-refractivity contribution >= 4 is 5.97 Å². The van der Waals surface area contributed by atoms with Crippen molar-refractivity contribution in [2.75, 3.05) is 7.05 Å². The molecule has 1 aliphatic carbocycles. The van der Waals surface area contributed by atoms with Gasteiger partial charge in [0, 0.05) is 11.6 Å². The fourth-order valence-corrected chi connectivity index (χ4v) is 1.93. The summed E-state index contributed by atoms with van der Waals surface area (Å²) in [7, 11) is 2.04. The van der Waals surface area contributed by atoms with Crippen LogP contribution in [0, 0.1) is 5.92 Å². The average Bonchev–Trinajstić information content (AvgIpc) is 2.01. The third-order valence-electron chi connectivity index (χ3n) is 3.87. The van der Waals surface area contributed by atoms with Crippen LogP contribution in [0.5, 0.6) is 0 Å². The lowest BCUT2D eigenvalue weighted by Gasteiger charge is -2.47. The first kappa shape index (κ1) is 11.5. The molecule has 0 aromatic heterocycles. The Balaban J connectivity index is 2.62. The quantitative estimate of drug-likeness (QED) is 0.752. The summed E-state index contributed by atoms with van der Waals surface area (Å²) in [6.07, 6.45) is 2.91. The third-order valence-corrected chi connectivity index (χ3v) is 3.87. The Morgan fingerprint density at radius 3 is 2.36 bits per heavy atom. The van der Waals surface area contributed by atoms with E-state index in [4.69, 9.17) is 5.11 Å². The molecule has 0 bridgehead atoms. The Morgan fingerprint density at radius 1 is 1.50 bits per heavy atom. The molecule has 1 fully saturated rings. The first-order valence-corrected chi connectivity index (χ1v) is 5.36. The van der Waals surface area contributed by atoms with Gasteiger partial charge in [0.25, 0.3) is 0 Å². The number of nitrogens with zero attached hydrogens (tertiary/aromatic N) is 1. The lowest BCUT2D eigenvalue weighted by Crippen LogP contribution is -2.55. The molecule has 1 aliphatic rings. The second kappa shape index (κ2) is 3.89. The van der Waals surface area contributed by atoms with Crippen molar-refractivity contribution in [3.05, 3.63) is 0 Å². The number of hydrogen-bond acceptors (Lipinski definition) is 2. The molecule has 2 unspecified atom stereocenters. The predicted molar refractivity (Wildman–Crippen MR) is 56.3 cm³/mol. The van der Waals surface area contributed by atoms with Crippen LogP contribution in [0.25, 0.3) is 0 Å². The highest BCUT2D eigenvalue weighted by atomic mass is 16.4. The van der Waals surface area contributed by atoms with Crippen LogP contribution in [-0.2, 0) is 4.79 Å². The van der Waals surface area contributed by atoms with Gasteiger partial charge in [0.2, 0.25) is 0 Å². The zero-order valence-electron chi connectivity index (χ0n) is 9.58. The molecule has 0 aromatic carbocycles. The lowest BCUT2D eigenvalue weighted by molar-refractivity contribution is -0.150. The Hall–Kier alpha value is -0.570. The van der Waals surface area contributed by atoms with Crippen LogP contribution in [0.3, 0.4) is 0 Å². The maximum Gasteiger partial charge on any atom is 0.308 e. The predicted octanol–water partition coefficient (Wildman–Crippen LogP) is 1.97. The highest BCUT2D eigenvalue weighted by molar-refractivity contribution is 5.72. The first-order chi connectivity index (χ1) is 6.40. The number of aliphatic carboxylic acids is 1. The molecule has 3 nitrogen and oxygen atoms in total. The topological polar surface area (TPSA) is 40.5 Å². The molecule has 3 heteroatoms. The van der Waals surface area contributed by atoms with Gasteiger partial charge in [0.15, 0.2) is 0 Å². The van der Waals surface area contributed by atoms with Gasteiger partial charge in [0.1, 0.15) is 0 Å². The van der Waals surface area contributed by atoms with Crippen molar-refractivity contribution in [2.45, 2.75) is 51.6 Å². The summed E-state index contributed by atoms with van der Waals surface area (Å²) in [6, 6.07) is 0.238. The second-order valence-corrected chi connectivity index (χ2v) is 4.87. The van der Waals surface area contributed by atoms with E-state index in [0.717, 1.165) is 19.3 Å². The molecular weight excluding hydrogens is 178 g/mol.